The summed E-state index contributed by atoms with van der Waals surface area (Å²) in [4.78, 5) is 0. The Morgan fingerprint density at radius 2 is 2.10 bits per heavy atom. The van der Waals surface area contributed by atoms with Crippen LogP contribution in [0.4, 0.5) is 0 Å². The Kier molecular flexibility index (Phi) is 7.45. The summed E-state index contributed by atoms with van der Waals surface area (Å²) in [6.45, 7) is 5.05. The summed E-state index contributed by atoms with van der Waals surface area (Å²) in [6, 6.07) is 5.22. The van der Waals surface area contributed by atoms with Gasteiger partial charge >= 0.3 is 0 Å². The van der Waals surface area contributed by atoms with Crippen molar-refractivity contribution in [1.29, 1.82) is 0 Å². The first kappa shape index (κ1) is 18.2. The molecule has 0 radical (unpaired) electrons. The molecule has 0 saturated heterocycles. The van der Waals surface area contributed by atoms with Crippen LogP contribution in [0, 0.1) is 0 Å². The number of nitrogens with one attached hydrogen (secondary N) is 2. The minimum atomic E-state index is -3.41. The Bertz CT molecular complexity index is 549. The molecule has 0 bridgehead atoms. The van der Waals surface area contributed by atoms with Gasteiger partial charge in [-0.1, -0.05) is 24.6 Å². The number of sulfonamides is 1. The minimum Gasteiger partial charge on any atom is -0.496 e. The fourth-order valence-electron chi connectivity index (χ4n) is 1.81. The lowest BCUT2D eigenvalue weighted by molar-refractivity contribution is 0.409. The van der Waals surface area contributed by atoms with Gasteiger partial charge in [-0.15, -0.1) is 0 Å². The van der Waals surface area contributed by atoms with E-state index in [1.54, 1.807) is 25.1 Å². The molecule has 1 rings (SSSR count). The second kappa shape index (κ2) is 8.58. The predicted molar refractivity (Wildman–Crippen MR) is 86.4 cm³/mol. The van der Waals surface area contributed by atoms with E-state index in [0.717, 1.165) is 13.0 Å². The highest BCUT2D eigenvalue weighted by Gasteiger charge is 2.21. The summed E-state index contributed by atoms with van der Waals surface area (Å²) in [6.07, 6.45) is 0.969. The summed E-state index contributed by atoms with van der Waals surface area (Å²) < 4.78 is 32.1. The smallest absolute Gasteiger partial charge is 0.215 e. The van der Waals surface area contributed by atoms with Crippen molar-refractivity contribution in [2.75, 3.05) is 20.2 Å². The highest BCUT2D eigenvalue weighted by molar-refractivity contribution is 7.90. The molecule has 120 valence electrons. The van der Waals surface area contributed by atoms with Crippen LogP contribution < -0.4 is 14.8 Å². The Labute approximate surface area is 132 Å². The molecule has 1 aromatic carbocycles. The van der Waals surface area contributed by atoms with E-state index in [-0.39, 0.29) is 6.54 Å². The molecule has 7 heteroatoms. The van der Waals surface area contributed by atoms with Crippen LogP contribution in [0.15, 0.2) is 18.2 Å². The van der Waals surface area contributed by atoms with Crippen molar-refractivity contribution in [2.24, 2.45) is 0 Å². The zero-order chi connectivity index (χ0) is 15.9. The van der Waals surface area contributed by atoms with E-state index in [9.17, 15) is 8.42 Å². The highest BCUT2D eigenvalue weighted by atomic mass is 35.5. The van der Waals surface area contributed by atoms with Crippen molar-refractivity contribution < 1.29 is 13.2 Å². The molecule has 0 aliphatic rings. The molecule has 5 nitrogen and oxygen atoms in total. The summed E-state index contributed by atoms with van der Waals surface area (Å²) in [5, 5.41) is 3.07. The lowest BCUT2D eigenvalue weighted by atomic mass is 10.2. The zero-order valence-corrected chi connectivity index (χ0v) is 14.2. The standard InChI is InChI=1S/C14H23ClN2O3S/c1-4-8-16-9-11(2)21(18,19)17-10-12-13(15)6-5-7-14(12)20-3/h5-7,11,16-17H,4,8-10H2,1-3H3. The molecule has 0 spiro atoms. The van der Waals surface area contributed by atoms with Gasteiger partial charge in [0, 0.05) is 23.7 Å². The highest BCUT2D eigenvalue weighted by Crippen LogP contribution is 2.26. The third-order valence-corrected chi connectivity index (χ3v) is 5.26. The van der Waals surface area contributed by atoms with Crippen LogP contribution in [0.2, 0.25) is 5.02 Å². The zero-order valence-electron chi connectivity index (χ0n) is 12.6. The molecular weight excluding hydrogens is 312 g/mol. The van der Waals surface area contributed by atoms with E-state index in [1.807, 2.05) is 6.92 Å². The molecule has 0 heterocycles. The molecule has 0 aliphatic carbocycles. The van der Waals surface area contributed by atoms with Crippen molar-refractivity contribution in [3.63, 3.8) is 0 Å². The van der Waals surface area contributed by atoms with E-state index >= 15 is 0 Å². The fourth-order valence-corrected chi connectivity index (χ4v) is 3.01. The monoisotopic (exact) mass is 334 g/mol. The van der Waals surface area contributed by atoms with Crippen molar-refractivity contribution in [3.05, 3.63) is 28.8 Å². The topological polar surface area (TPSA) is 67.4 Å². The maximum atomic E-state index is 12.2. The number of methoxy groups -OCH3 is 1. The molecule has 1 atom stereocenters. The third kappa shape index (κ3) is 5.47. The van der Waals surface area contributed by atoms with Gasteiger partial charge in [0.2, 0.25) is 10.0 Å². The van der Waals surface area contributed by atoms with Gasteiger partial charge in [-0.3, -0.25) is 0 Å². The lowest BCUT2D eigenvalue weighted by Crippen LogP contribution is -2.39. The van der Waals surface area contributed by atoms with Gasteiger partial charge in [0.25, 0.3) is 0 Å². The van der Waals surface area contributed by atoms with Crippen LogP contribution in [0.1, 0.15) is 25.8 Å². The van der Waals surface area contributed by atoms with Gasteiger partial charge in [-0.25, -0.2) is 13.1 Å². The van der Waals surface area contributed by atoms with E-state index in [1.165, 1.54) is 7.11 Å². The van der Waals surface area contributed by atoms with Gasteiger partial charge in [0.15, 0.2) is 0 Å². The normalized spacial score (nSPS) is 13.1. The van der Waals surface area contributed by atoms with Crippen LogP contribution in [0.5, 0.6) is 5.75 Å². The largest absolute Gasteiger partial charge is 0.496 e. The van der Waals surface area contributed by atoms with Crippen molar-refractivity contribution >= 4 is 21.6 Å². The SMILES string of the molecule is CCCNCC(C)S(=O)(=O)NCc1c(Cl)cccc1OC. The van der Waals surface area contributed by atoms with Gasteiger partial charge in [-0.05, 0) is 32.0 Å². The van der Waals surface area contributed by atoms with Crippen molar-refractivity contribution in [2.45, 2.75) is 32.1 Å². The molecule has 0 amide bonds. The average molecular weight is 335 g/mol. The van der Waals surface area contributed by atoms with E-state index in [4.69, 9.17) is 16.3 Å². The van der Waals surface area contributed by atoms with E-state index in [2.05, 4.69) is 10.0 Å². The number of rotatable bonds is 9. The predicted octanol–water partition coefficient (Wildman–Crippen LogP) is 2.16. The minimum absolute atomic E-state index is 0.114. The molecule has 0 aromatic heterocycles. The Morgan fingerprint density at radius 1 is 1.38 bits per heavy atom. The number of ether oxygens (including phenoxy) is 1. The Balaban J connectivity index is 2.69. The lowest BCUT2D eigenvalue weighted by Gasteiger charge is -2.16. The van der Waals surface area contributed by atoms with E-state index in [0.29, 0.717) is 22.9 Å². The van der Waals surface area contributed by atoms with Gasteiger partial charge in [0.1, 0.15) is 5.75 Å². The first-order valence-corrected chi connectivity index (χ1v) is 8.85. The summed E-state index contributed by atoms with van der Waals surface area (Å²) in [5.74, 6) is 0.571. The van der Waals surface area contributed by atoms with Gasteiger partial charge in [-0.2, -0.15) is 0 Å². The van der Waals surface area contributed by atoms with Gasteiger partial charge < -0.3 is 10.1 Å². The van der Waals surface area contributed by atoms with E-state index < -0.39 is 15.3 Å². The summed E-state index contributed by atoms with van der Waals surface area (Å²) in [5.41, 5.74) is 0.638. The maximum absolute atomic E-state index is 12.2. The fraction of sp³-hybridized carbons (Fsp3) is 0.571. The van der Waals surface area contributed by atoms with Crippen LogP contribution in [-0.4, -0.2) is 33.9 Å². The number of halogens is 1. The molecule has 2 N–H and O–H groups in total. The molecule has 0 saturated carbocycles. The average Bonchev–Trinajstić information content (AvgIpc) is 2.45. The molecule has 1 aromatic rings. The molecule has 0 aliphatic heterocycles. The number of hydrogen-bond acceptors (Lipinski definition) is 4. The van der Waals surface area contributed by atoms with Crippen LogP contribution in [0.25, 0.3) is 0 Å². The summed E-state index contributed by atoms with van der Waals surface area (Å²) >= 11 is 6.09. The van der Waals surface area contributed by atoms with Crippen LogP contribution in [-0.2, 0) is 16.6 Å². The second-order valence-electron chi connectivity index (χ2n) is 4.80. The Hall–Kier alpha value is -0.820. The molecular formula is C14H23ClN2O3S. The molecule has 21 heavy (non-hydrogen) atoms. The molecule has 0 fully saturated rings. The first-order chi connectivity index (χ1) is 9.92. The summed E-state index contributed by atoms with van der Waals surface area (Å²) in [7, 11) is -1.88. The number of hydrogen-bond donors (Lipinski definition) is 2. The maximum Gasteiger partial charge on any atom is 0.215 e. The molecule has 1 unspecified atom stereocenters. The quantitative estimate of drug-likeness (QED) is 0.679. The van der Waals surface area contributed by atoms with Crippen molar-refractivity contribution in [3.8, 4) is 5.75 Å². The van der Waals surface area contributed by atoms with Gasteiger partial charge in [0.05, 0.1) is 12.4 Å². The van der Waals surface area contributed by atoms with Crippen LogP contribution >= 0.6 is 11.6 Å². The number of benzene rings is 1. The Morgan fingerprint density at radius 3 is 2.71 bits per heavy atom. The third-order valence-electron chi connectivity index (χ3n) is 3.13. The van der Waals surface area contributed by atoms with Crippen molar-refractivity contribution in [1.82, 2.24) is 10.0 Å². The van der Waals surface area contributed by atoms with Crippen LogP contribution in [0.3, 0.4) is 0 Å². The first-order valence-electron chi connectivity index (χ1n) is 6.93. The second-order valence-corrected chi connectivity index (χ2v) is 7.39.